The number of carboxylic acid groups (broad SMARTS) is 1. The number of carbonyl (C=O) groups is 2. The zero-order chi connectivity index (χ0) is 8.69. The Hall–Kier alpha value is -1.52. The van der Waals surface area contributed by atoms with Crippen LogP contribution in [0.5, 0.6) is 0 Å². The van der Waals surface area contributed by atoms with E-state index in [0.717, 1.165) is 6.26 Å². The van der Waals surface area contributed by atoms with Gasteiger partial charge in [-0.15, -0.1) is 0 Å². The molecule has 2 N–H and O–H groups in total. The third kappa shape index (κ3) is 6.36. The van der Waals surface area contributed by atoms with Gasteiger partial charge in [-0.25, -0.2) is 4.79 Å². The van der Waals surface area contributed by atoms with E-state index in [1.54, 1.807) is 0 Å². The normalized spacial score (nSPS) is 8.36. The first-order valence-corrected chi connectivity index (χ1v) is 2.94. The molecule has 0 aromatic carbocycles. The quantitative estimate of drug-likeness (QED) is 0.579. The van der Waals surface area contributed by atoms with Gasteiger partial charge in [0.2, 0.25) is 0 Å². The molecule has 5 nitrogen and oxygen atoms in total. The molecule has 1 amide bonds. The van der Waals surface area contributed by atoms with Gasteiger partial charge in [0.1, 0.15) is 0 Å². The number of carboxylic acids is 1. The molecule has 0 bridgehead atoms. The molecule has 0 spiro atoms. The van der Waals surface area contributed by atoms with Crippen LogP contribution in [0.3, 0.4) is 0 Å². The molecule has 0 heterocycles. The van der Waals surface area contributed by atoms with E-state index in [4.69, 9.17) is 5.11 Å². The van der Waals surface area contributed by atoms with Gasteiger partial charge in [0.15, 0.2) is 0 Å². The highest BCUT2D eigenvalue weighted by molar-refractivity contribution is 5.70. The third-order valence-corrected chi connectivity index (χ3v) is 0.799. The highest BCUT2D eigenvalue weighted by Gasteiger charge is 2.00. The zero-order valence-electron chi connectivity index (χ0n) is 5.87. The summed E-state index contributed by atoms with van der Waals surface area (Å²) >= 11 is 0. The Morgan fingerprint density at radius 3 is 2.73 bits per heavy atom. The minimum absolute atomic E-state index is 0.0575. The fraction of sp³-hybridized carbons (Fsp3) is 0.333. The molecule has 0 saturated heterocycles. The first-order chi connectivity index (χ1) is 5.16. The molecule has 62 valence electrons. The maximum atomic E-state index is 10.4. The van der Waals surface area contributed by atoms with Crippen molar-refractivity contribution < 1.29 is 19.4 Å². The number of alkyl carbamates (subject to hydrolysis) is 1. The average molecular weight is 159 g/mol. The first kappa shape index (κ1) is 9.48. The van der Waals surface area contributed by atoms with Crippen molar-refractivity contribution in [3.8, 4) is 0 Å². The first-order valence-electron chi connectivity index (χ1n) is 2.94. The number of nitrogens with one attached hydrogen (secondary N) is 1. The van der Waals surface area contributed by atoms with E-state index in [-0.39, 0.29) is 13.0 Å². The third-order valence-electron chi connectivity index (χ3n) is 0.799. The van der Waals surface area contributed by atoms with Gasteiger partial charge < -0.3 is 15.2 Å². The zero-order valence-corrected chi connectivity index (χ0v) is 5.87. The van der Waals surface area contributed by atoms with Crippen LogP contribution in [0.15, 0.2) is 12.8 Å². The van der Waals surface area contributed by atoms with E-state index in [2.05, 4.69) is 16.6 Å². The van der Waals surface area contributed by atoms with Gasteiger partial charge in [-0.1, -0.05) is 6.58 Å². The Morgan fingerprint density at radius 2 is 2.27 bits per heavy atom. The molecular formula is C6H9NO4. The summed E-state index contributed by atoms with van der Waals surface area (Å²) in [6, 6.07) is 0. The lowest BCUT2D eigenvalue weighted by atomic mass is 10.4. The van der Waals surface area contributed by atoms with Crippen LogP contribution in [-0.2, 0) is 9.53 Å². The number of carbonyl (C=O) groups excluding carboxylic acids is 1. The summed E-state index contributed by atoms with van der Waals surface area (Å²) in [5.41, 5.74) is 0. The predicted octanol–water partition coefficient (Wildman–Crippen LogP) is 0.331. The van der Waals surface area contributed by atoms with Crippen molar-refractivity contribution in [3.63, 3.8) is 0 Å². The van der Waals surface area contributed by atoms with Crippen molar-refractivity contribution in [1.29, 1.82) is 0 Å². The number of rotatable bonds is 4. The summed E-state index contributed by atoms with van der Waals surface area (Å²) in [7, 11) is 0. The van der Waals surface area contributed by atoms with Crippen molar-refractivity contribution in [3.05, 3.63) is 12.8 Å². The van der Waals surface area contributed by atoms with E-state index in [0.29, 0.717) is 0 Å². The number of amides is 1. The standard InChI is InChI=1S/C6H9NO4/c1-2-11-6(10)7-4-3-5(8)9/h2H,1,3-4H2,(H,7,10)(H,8,9). The lowest BCUT2D eigenvalue weighted by Gasteiger charge is -1.99. The van der Waals surface area contributed by atoms with Crippen molar-refractivity contribution in [1.82, 2.24) is 5.32 Å². The number of ether oxygens (including phenoxy) is 1. The van der Waals surface area contributed by atoms with Crippen LogP contribution in [0, 0.1) is 0 Å². The summed E-state index contributed by atoms with van der Waals surface area (Å²) in [6.07, 6.45) is 0.156. The van der Waals surface area contributed by atoms with Gasteiger partial charge in [0.05, 0.1) is 12.7 Å². The topological polar surface area (TPSA) is 75.6 Å². The van der Waals surface area contributed by atoms with Crippen LogP contribution < -0.4 is 5.32 Å². The Labute approximate surface area is 63.7 Å². The van der Waals surface area contributed by atoms with Crippen molar-refractivity contribution >= 4 is 12.1 Å². The van der Waals surface area contributed by atoms with Crippen LogP contribution in [0.1, 0.15) is 6.42 Å². The van der Waals surface area contributed by atoms with E-state index in [1.165, 1.54) is 0 Å². The van der Waals surface area contributed by atoms with Gasteiger partial charge in [-0.3, -0.25) is 4.79 Å². The Morgan fingerprint density at radius 1 is 1.64 bits per heavy atom. The number of aliphatic carboxylic acids is 1. The van der Waals surface area contributed by atoms with Gasteiger partial charge in [0.25, 0.3) is 0 Å². The monoisotopic (exact) mass is 159 g/mol. The molecule has 0 saturated carbocycles. The smallest absolute Gasteiger partial charge is 0.412 e. The molecule has 0 aliphatic carbocycles. The second kappa shape index (κ2) is 5.28. The molecule has 5 heteroatoms. The highest BCUT2D eigenvalue weighted by Crippen LogP contribution is 1.79. The summed E-state index contributed by atoms with van der Waals surface area (Å²) < 4.78 is 4.24. The molecule has 0 aromatic heterocycles. The Kier molecular flexibility index (Phi) is 4.55. The van der Waals surface area contributed by atoms with E-state index < -0.39 is 12.1 Å². The van der Waals surface area contributed by atoms with Gasteiger partial charge >= 0.3 is 12.1 Å². The molecule has 0 rings (SSSR count). The summed E-state index contributed by atoms with van der Waals surface area (Å²) in [5.74, 6) is -0.969. The van der Waals surface area contributed by atoms with Crippen molar-refractivity contribution in [2.75, 3.05) is 6.54 Å². The molecule has 0 aliphatic rings. The van der Waals surface area contributed by atoms with Crippen LogP contribution in [0.2, 0.25) is 0 Å². The maximum absolute atomic E-state index is 10.4. The van der Waals surface area contributed by atoms with E-state index in [9.17, 15) is 9.59 Å². The second-order valence-electron chi connectivity index (χ2n) is 1.64. The Balaban J connectivity index is 3.31. The minimum atomic E-state index is -0.969. The number of hydrogen-bond donors (Lipinski definition) is 2. The maximum Gasteiger partial charge on any atom is 0.412 e. The van der Waals surface area contributed by atoms with Gasteiger partial charge in [-0.2, -0.15) is 0 Å². The Bertz CT molecular complexity index is 166. The summed E-state index contributed by atoms with van der Waals surface area (Å²) in [4.78, 5) is 20.4. The molecule has 11 heavy (non-hydrogen) atoms. The van der Waals surface area contributed by atoms with Crippen LogP contribution in [0.4, 0.5) is 4.79 Å². The molecule has 0 unspecified atom stereocenters. The summed E-state index contributed by atoms with van der Waals surface area (Å²) in [6.45, 7) is 3.20. The largest absolute Gasteiger partial charge is 0.481 e. The summed E-state index contributed by atoms with van der Waals surface area (Å²) in [5, 5.41) is 10.3. The van der Waals surface area contributed by atoms with Crippen LogP contribution in [0.25, 0.3) is 0 Å². The minimum Gasteiger partial charge on any atom is -0.481 e. The predicted molar refractivity (Wildman–Crippen MR) is 36.9 cm³/mol. The molecule has 0 atom stereocenters. The molecular weight excluding hydrogens is 150 g/mol. The van der Waals surface area contributed by atoms with Gasteiger partial charge in [-0.05, 0) is 0 Å². The lowest BCUT2D eigenvalue weighted by Crippen LogP contribution is -2.25. The highest BCUT2D eigenvalue weighted by atomic mass is 16.5. The van der Waals surface area contributed by atoms with E-state index in [1.807, 2.05) is 0 Å². The van der Waals surface area contributed by atoms with Gasteiger partial charge in [0, 0.05) is 6.54 Å². The number of hydrogen-bond acceptors (Lipinski definition) is 3. The average Bonchev–Trinajstić information content (AvgIpc) is 1.87. The molecule has 0 radical (unpaired) electrons. The van der Waals surface area contributed by atoms with E-state index >= 15 is 0 Å². The fourth-order valence-electron chi connectivity index (χ4n) is 0.389. The molecule has 0 fully saturated rings. The van der Waals surface area contributed by atoms with Crippen molar-refractivity contribution in [2.45, 2.75) is 6.42 Å². The van der Waals surface area contributed by atoms with Crippen LogP contribution in [-0.4, -0.2) is 23.7 Å². The SMILES string of the molecule is C=COC(=O)NCCC(=O)O. The lowest BCUT2D eigenvalue weighted by molar-refractivity contribution is -0.136. The fourth-order valence-corrected chi connectivity index (χ4v) is 0.389. The van der Waals surface area contributed by atoms with Crippen molar-refractivity contribution in [2.24, 2.45) is 0 Å². The second-order valence-corrected chi connectivity index (χ2v) is 1.64. The van der Waals surface area contributed by atoms with Crippen LogP contribution >= 0.6 is 0 Å². The molecule has 0 aromatic rings. The molecule has 0 aliphatic heterocycles.